The zero-order valence-corrected chi connectivity index (χ0v) is 17.1. The summed E-state index contributed by atoms with van der Waals surface area (Å²) in [5, 5.41) is 0.309. The number of thiophene rings is 1. The summed E-state index contributed by atoms with van der Waals surface area (Å²) in [5.41, 5.74) is 0.392. The van der Waals surface area contributed by atoms with Crippen molar-refractivity contribution in [3.63, 3.8) is 0 Å². The van der Waals surface area contributed by atoms with Crippen LogP contribution in [0.25, 0.3) is 22.4 Å². The SMILES string of the molecule is CCOC(=O)c1sc2nc(/C=C/c3cccc(OC)c3OC(F)F)[nH]c(=O)c2c1C. The third-order valence-electron chi connectivity index (χ3n) is 4.14. The number of aromatic amines is 1. The van der Waals surface area contributed by atoms with Crippen LogP contribution in [0, 0.1) is 6.92 Å². The van der Waals surface area contributed by atoms with Gasteiger partial charge in [0.2, 0.25) is 0 Å². The number of benzene rings is 1. The lowest BCUT2D eigenvalue weighted by Crippen LogP contribution is -2.10. The van der Waals surface area contributed by atoms with Crippen molar-refractivity contribution in [1.82, 2.24) is 9.97 Å². The molecule has 0 saturated heterocycles. The van der Waals surface area contributed by atoms with Crippen LogP contribution in [0.15, 0.2) is 23.0 Å². The molecule has 0 aliphatic heterocycles. The largest absolute Gasteiger partial charge is 0.493 e. The topological polar surface area (TPSA) is 90.5 Å². The summed E-state index contributed by atoms with van der Waals surface area (Å²) in [5.74, 6) is -0.316. The van der Waals surface area contributed by atoms with Crippen molar-refractivity contribution >= 4 is 39.7 Å². The van der Waals surface area contributed by atoms with Gasteiger partial charge >= 0.3 is 12.6 Å². The zero-order valence-electron chi connectivity index (χ0n) is 16.3. The normalized spacial score (nSPS) is 11.4. The molecule has 2 aromatic heterocycles. The number of alkyl halides is 2. The van der Waals surface area contributed by atoms with Gasteiger partial charge in [-0.25, -0.2) is 9.78 Å². The second-order valence-corrected chi connectivity index (χ2v) is 7.00. The first-order valence-electron chi connectivity index (χ1n) is 8.86. The number of ether oxygens (including phenoxy) is 3. The van der Waals surface area contributed by atoms with E-state index in [2.05, 4.69) is 14.7 Å². The average Bonchev–Trinajstić information content (AvgIpc) is 3.04. The summed E-state index contributed by atoms with van der Waals surface area (Å²) in [6.45, 7) is 0.535. The van der Waals surface area contributed by atoms with Crippen LogP contribution >= 0.6 is 11.3 Å². The Morgan fingerprint density at radius 2 is 2.10 bits per heavy atom. The van der Waals surface area contributed by atoms with Crippen molar-refractivity contribution in [2.45, 2.75) is 20.5 Å². The number of fused-ring (bicyclic) bond motifs is 1. The monoisotopic (exact) mass is 436 g/mol. The zero-order chi connectivity index (χ0) is 21.8. The molecule has 1 N–H and O–H groups in total. The van der Waals surface area contributed by atoms with Gasteiger partial charge in [-0.3, -0.25) is 4.79 Å². The highest BCUT2D eigenvalue weighted by atomic mass is 32.1. The van der Waals surface area contributed by atoms with Crippen LogP contribution in [-0.2, 0) is 4.74 Å². The molecular formula is C20H18F2N2O5S. The van der Waals surface area contributed by atoms with Gasteiger partial charge in [-0.2, -0.15) is 8.78 Å². The van der Waals surface area contributed by atoms with Crippen molar-refractivity contribution in [3.8, 4) is 11.5 Å². The fourth-order valence-electron chi connectivity index (χ4n) is 2.84. The van der Waals surface area contributed by atoms with Gasteiger partial charge in [-0.15, -0.1) is 11.3 Å². The number of halogens is 2. The van der Waals surface area contributed by atoms with E-state index in [0.29, 0.717) is 26.2 Å². The Balaban J connectivity index is 2.02. The fraction of sp³-hybridized carbons (Fsp3) is 0.250. The molecule has 1 aromatic carbocycles. The van der Waals surface area contributed by atoms with Crippen LogP contribution in [0.2, 0.25) is 0 Å². The molecular weight excluding hydrogens is 418 g/mol. The minimum absolute atomic E-state index is 0.133. The number of nitrogens with one attached hydrogen (secondary N) is 1. The Kier molecular flexibility index (Phi) is 6.46. The number of methoxy groups -OCH3 is 1. The second-order valence-electron chi connectivity index (χ2n) is 6.00. The first-order valence-corrected chi connectivity index (χ1v) is 9.67. The number of hydrogen-bond acceptors (Lipinski definition) is 7. The van der Waals surface area contributed by atoms with Gasteiger partial charge in [0, 0.05) is 5.56 Å². The molecule has 0 unspecified atom stereocenters. The third kappa shape index (κ3) is 4.33. The Bertz CT molecular complexity index is 1170. The van der Waals surface area contributed by atoms with Crippen molar-refractivity contribution in [1.29, 1.82) is 0 Å². The number of H-pyrrole nitrogens is 1. The molecule has 0 bridgehead atoms. The molecule has 0 saturated carbocycles. The maximum Gasteiger partial charge on any atom is 0.387 e. The van der Waals surface area contributed by atoms with Gasteiger partial charge < -0.3 is 19.2 Å². The van der Waals surface area contributed by atoms with Crippen molar-refractivity contribution < 1.29 is 27.8 Å². The molecule has 158 valence electrons. The van der Waals surface area contributed by atoms with Crippen molar-refractivity contribution in [2.75, 3.05) is 13.7 Å². The molecule has 10 heteroatoms. The lowest BCUT2D eigenvalue weighted by Gasteiger charge is -2.12. The third-order valence-corrected chi connectivity index (χ3v) is 5.30. The van der Waals surface area contributed by atoms with Crippen molar-refractivity contribution in [3.05, 3.63) is 50.4 Å². The lowest BCUT2D eigenvalue weighted by atomic mass is 10.1. The summed E-state index contributed by atoms with van der Waals surface area (Å²) in [7, 11) is 1.34. The Hall–Kier alpha value is -3.27. The van der Waals surface area contributed by atoms with Crippen LogP contribution in [0.1, 0.15) is 33.5 Å². The smallest absolute Gasteiger partial charge is 0.387 e. The highest BCUT2D eigenvalue weighted by Gasteiger charge is 2.20. The molecule has 0 aliphatic rings. The molecule has 0 atom stereocenters. The predicted molar refractivity (Wildman–Crippen MR) is 109 cm³/mol. The quantitative estimate of drug-likeness (QED) is 0.557. The fourth-order valence-corrected chi connectivity index (χ4v) is 3.92. The maximum absolute atomic E-state index is 12.8. The van der Waals surface area contributed by atoms with E-state index < -0.39 is 18.1 Å². The highest BCUT2D eigenvalue weighted by molar-refractivity contribution is 7.20. The number of para-hydroxylation sites is 1. The number of aromatic nitrogens is 2. The van der Waals surface area contributed by atoms with Crippen LogP contribution in [-0.4, -0.2) is 36.3 Å². The molecule has 3 aromatic rings. The van der Waals surface area contributed by atoms with Gasteiger partial charge in [0.1, 0.15) is 15.5 Å². The van der Waals surface area contributed by atoms with E-state index in [1.165, 1.54) is 25.3 Å². The minimum Gasteiger partial charge on any atom is -0.493 e. The second kappa shape index (κ2) is 9.04. The van der Waals surface area contributed by atoms with Gasteiger partial charge in [0.05, 0.1) is 19.1 Å². The number of carbonyl (C=O) groups excluding carboxylic acids is 1. The Morgan fingerprint density at radius 3 is 2.77 bits per heavy atom. The number of esters is 1. The Morgan fingerprint density at radius 1 is 1.33 bits per heavy atom. The average molecular weight is 436 g/mol. The van der Waals surface area contributed by atoms with Crippen molar-refractivity contribution in [2.24, 2.45) is 0 Å². The molecule has 7 nitrogen and oxygen atoms in total. The van der Waals surface area contributed by atoms with E-state index in [9.17, 15) is 18.4 Å². The predicted octanol–water partition coefficient (Wildman–Crippen LogP) is 4.25. The van der Waals surface area contributed by atoms with Crippen LogP contribution in [0.3, 0.4) is 0 Å². The first kappa shape index (κ1) is 21.4. The molecule has 0 spiro atoms. The first-order chi connectivity index (χ1) is 14.3. The van der Waals surface area contributed by atoms with Crippen LogP contribution < -0.4 is 15.0 Å². The maximum atomic E-state index is 12.8. The summed E-state index contributed by atoms with van der Waals surface area (Å²) in [6, 6.07) is 4.67. The van der Waals surface area contributed by atoms with E-state index in [1.54, 1.807) is 26.0 Å². The number of carbonyl (C=O) groups is 1. The Labute approximate surface area is 173 Å². The van der Waals surface area contributed by atoms with Gasteiger partial charge in [0.25, 0.3) is 5.56 Å². The number of hydrogen-bond donors (Lipinski definition) is 1. The highest BCUT2D eigenvalue weighted by Crippen LogP contribution is 2.33. The molecule has 3 rings (SSSR count). The number of rotatable bonds is 7. The van der Waals surface area contributed by atoms with Gasteiger partial charge in [0.15, 0.2) is 11.5 Å². The summed E-state index contributed by atoms with van der Waals surface area (Å²) in [6.07, 6.45) is 2.92. The molecule has 30 heavy (non-hydrogen) atoms. The van der Waals surface area contributed by atoms with Crippen LogP contribution in [0.5, 0.6) is 11.5 Å². The lowest BCUT2D eigenvalue weighted by molar-refractivity contribution is -0.0513. The molecule has 0 fully saturated rings. The van der Waals surface area contributed by atoms with Gasteiger partial charge in [-0.05, 0) is 37.6 Å². The molecule has 0 radical (unpaired) electrons. The number of aryl methyl sites for hydroxylation is 1. The van der Waals surface area contributed by atoms with E-state index in [0.717, 1.165) is 11.3 Å². The van der Waals surface area contributed by atoms with E-state index in [-0.39, 0.29) is 23.9 Å². The van der Waals surface area contributed by atoms with Gasteiger partial charge in [-0.1, -0.05) is 12.1 Å². The van der Waals surface area contributed by atoms with E-state index >= 15 is 0 Å². The minimum atomic E-state index is -3.03. The molecule has 0 amide bonds. The summed E-state index contributed by atoms with van der Waals surface area (Å²) >= 11 is 1.06. The standard InChI is InChI=1S/C20H18F2N2O5S/c1-4-28-19(26)16-10(2)14-17(25)23-13(24-18(14)30-16)9-8-11-6-5-7-12(27-3)15(11)29-20(21)22/h5-9,20H,4H2,1-3H3,(H,23,24,25)/b9-8+. The molecule has 2 heterocycles. The van der Waals surface area contributed by atoms with Crippen LogP contribution in [0.4, 0.5) is 8.78 Å². The van der Waals surface area contributed by atoms with E-state index in [1.807, 2.05) is 0 Å². The molecule has 0 aliphatic carbocycles. The summed E-state index contributed by atoms with van der Waals surface area (Å²) < 4.78 is 40.2. The number of nitrogens with zero attached hydrogens (tertiary/aromatic N) is 1. The van der Waals surface area contributed by atoms with E-state index in [4.69, 9.17) is 9.47 Å². The summed E-state index contributed by atoms with van der Waals surface area (Å²) in [4.78, 5) is 32.2.